The van der Waals surface area contributed by atoms with Crippen molar-refractivity contribution < 1.29 is 4.74 Å². The van der Waals surface area contributed by atoms with Gasteiger partial charge in [0.25, 0.3) is 0 Å². The summed E-state index contributed by atoms with van der Waals surface area (Å²) in [5, 5.41) is 3.57. The second kappa shape index (κ2) is 6.43. The van der Waals surface area contributed by atoms with Crippen molar-refractivity contribution in [1.29, 1.82) is 0 Å². The Morgan fingerprint density at radius 3 is 2.69 bits per heavy atom. The molecule has 4 unspecified atom stereocenters. The molecule has 1 N–H and O–H groups in total. The van der Waals surface area contributed by atoms with Crippen LogP contribution in [0.2, 0.25) is 0 Å². The van der Waals surface area contributed by atoms with Gasteiger partial charge < -0.3 is 19.5 Å². The smallest absolute Gasteiger partial charge is 0.193 e. The third kappa shape index (κ3) is 2.60. The summed E-state index contributed by atoms with van der Waals surface area (Å²) >= 11 is 0. The first-order valence-electron chi connectivity index (χ1n) is 9.51. The van der Waals surface area contributed by atoms with Crippen LogP contribution in [0.5, 0.6) is 0 Å². The number of aromatic nitrogens is 2. The molecule has 2 aromatic rings. The van der Waals surface area contributed by atoms with E-state index in [4.69, 9.17) is 4.74 Å². The predicted octanol–water partition coefficient (Wildman–Crippen LogP) is 2.06. The molecule has 0 amide bonds. The maximum atomic E-state index is 6.09. The molecule has 136 valence electrons. The van der Waals surface area contributed by atoms with Gasteiger partial charge in [-0.3, -0.25) is 4.99 Å². The molecule has 1 aromatic carbocycles. The van der Waals surface area contributed by atoms with Crippen LogP contribution in [0.25, 0.3) is 5.69 Å². The van der Waals surface area contributed by atoms with Crippen molar-refractivity contribution in [1.82, 2.24) is 19.8 Å². The first-order chi connectivity index (χ1) is 12.8. The Hall–Kier alpha value is -2.34. The number of aliphatic imine (C=N–C) groups is 1. The number of likely N-dealkylation sites (tertiary alicyclic amines) is 1. The SMILES string of the molecule is CN=C(NCc1ccccc1-n1ccnc1)N1CC2C3CCC(O3)C2C1. The van der Waals surface area contributed by atoms with E-state index in [9.17, 15) is 0 Å². The lowest BCUT2D eigenvalue weighted by atomic mass is 9.82. The molecule has 1 aromatic heterocycles. The fraction of sp³-hybridized carbons (Fsp3) is 0.500. The highest BCUT2D eigenvalue weighted by Gasteiger charge is 2.53. The van der Waals surface area contributed by atoms with Gasteiger partial charge in [-0.25, -0.2) is 4.98 Å². The average Bonchev–Trinajstić information content (AvgIpc) is 3.44. The van der Waals surface area contributed by atoms with Gasteiger partial charge in [0.15, 0.2) is 5.96 Å². The van der Waals surface area contributed by atoms with Crippen LogP contribution >= 0.6 is 0 Å². The van der Waals surface area contributed by atoms with Crippen LogP contribution in [-0.2, 0) is 11.3 Å². The summed E-state index contributed by atoms with van der Waals surface area (Å²) in [7, 11) is 1.88. The number of ether oxygens (including phenoxy) is 1. The molecular formula is C20H25N5O. The van der Waals surface area contributed by atoms with Gasteiger partial charge in [0.1, 0.15) is 0 Å². The summed E-state index contributed by atoms with van der Waals surface area (Å²) in [6.07, 6.45) is 9.07. The van der Waals surface area contributed by atoms with Crippen molar-refractivity contribution >= 4 is 5.96 Å². The number of fused-ring (bicyclic) bond motifs is 5. The summed E-state index contributed by atoms with van der Waals surface area (Å²) in [5.74, 6) is 2.37. The number of hydrogen-bond donors (Lipinski definition) is 1. The molecule has 0 spiro atoms. The molecule has 4 heterocycles. The lowest BCUT2D eigenvalue weighted by molar-refractivity contribution is 0.0767. The fourth-order valence-corrected chi connectivity index (χ4v) is 4.95. The number of para-hydroxylation sites is 1. The number of hydrogen-bond acceptors (Lipinski definition) is 3. The zero-order chi connectivity index (χ0) is 17.5. The third-order valence-corrected chi connectivity index (χ3v) is 6.18. The molecule has 3 aliphatic rings. The van der Waals surface area contributed by atoms with E-state index in [1.807, 2.05) is 25.8 Å². The minimum absolute atomic E-state index is 0.482. The second-order valence-corrected chi connectivity index (χ2v) is 7.52. The number of nitrogens with one attached hydrogen (secondary N) is 1. The van der Waals surface area contributed by atoms with Crippen molar-refractivity contribution in [2.45, 2.75) is 31.6 Å². The molecule has 0 saturated carbocycles. The fourth-order valence-electron chi connectivity index (χ4n) is 4.95. The minimum Gasteiger partial charge on any atom is -0.374 e. The van der Waals surface area contributed by atoms with Crippen molar-refractivity contribution in [2.75, 3.05) is 20.1 Å². The maximum Gasteiger partial charge on any atom is 0.193 e. The van der Waals surface area contributed by atoms with E-state index in [0.717, 1.165) is 31.3 Å². The molecule has 0 aliphatic carbocycles. The first kappa shape index (κ1) is 15.9. The van der Waals surface area contributed by atoms with Gasteiger partial charge in [0.05, 0.1) is 24.2 Å². The van der Waals surface area contributed by atoms with Crippen molar-refractivity contribution in [3.05, 3.63) is 48.5 Å². The molecule has 5 rings (SSSR count). The van der Waals surface area contributed by atoms with E-state index in [1.165, 1.54) is 18.4 Å². The quantitative estimate of drug-likeness (QED) is 0.679. The Balaban J connectivity index is 1.28. The van der Waals surface area contributed by atoms with Crippen LogP contribution in [0.1, 0.15) is 18.4 Å². The van der Waals surface area contributed by atoms with Crippen LogP contribution in [0.4, 0.5) is 0 Å². The van der Waals surface area contributed by atoms with Crippen LogP contribution in [-0.4, -0.2) is 52.8 Å². The van der Waals surface area contributed by atoms with Gasteiger partial charge in [-0.1, -0.05) is 18.2 Å². The molecule has 2 bridgehead atoms. The largest absolute Gasteiger partial charge is 0.374 e. The Labute approximate surface area is 153 Å². The van der Waals surface area contributed by atoms with Crippen LogP contribution in [0, 0.1) is 11.8 Å². The van der Waals surface area contributed by atoms with Gasteiger partial charge in [-0.15, -0.1) is 0 Å². The van der Waals surface area contributed by atoms with Gasteiger partial charge in [-0.2, -0.15) is 0 Å². The predicted molar refractivity (Wildman–Crippen MR) is 100 cm³/mol. The number of imidazole rings is 1. The second-order valence-electron chi connectivity index (χ2n) is 7.52. The maximum absolute atomic E-state index is 6.09. The zero-order valence-corrected chi connectivity index (χ0v) is 15.1. The van der Waals surface area contributed by atoms with E-state index in [2.05, 4.69) is 49.0 Å². The summed E-state index contributed by atoms with van der Waals surface area (Å²) in [6, 6.07) is 8.42. The Kier molecular flexibility index (Phi) is 3.93. The molecule has 0 radical (unpaired) electrons. The molecule has 3 fully saturated rings. The van der Waals surface area contributed by atoms with E-state index in [1.54, 1.807) is 0 Å². The molecule has 3 saturated heterocycles. The van der Waals surface area contributed by atoms with Crippen molar-refractivity contribution in [3.63, 3.8) is 0 Å². The van der Waals surface area contributed by atoms with E-state index in [-0.39, 0.29) is 0 Å². The number of benzene rings is 1. The lowest BCUT2D eigenvalue weighted by Gasteiger charge is -2.24. The number of rotatable bonds is 3. The number of nitrogens with zero attached hydrogens (tertiary/aromatic N) is 4. The molecule has 6 nitrogen and oxygen atoms in total. The van der Waals surface area contributed by atoms with Crippen LogP contribution < -0.4 is 5.32 Å². The molecule has 4 atom stereocenters. The van der Waals surface area contributed by atoms with Gasteiger partial charge >= 0.3 is 0 Å². The van der Waals surface area contributed by atoms with Crippen LogP contribution in [0.3, 0.4) is 0 Å². The molecule has 3 aliphatic heterocycles. The summed E-state index contributed by atoms with van der Waals surface area (Å²) < 4.78 is 8.14. The van der Waals surface area contributed by atoms with Gasteiger partial charge in [0, 0.05) is 50.9 Å². The highest BCUT2D eigenvalue weighted by Crippen LogP contribution is 2.47. The van der Waals surface area contributed by atoms with E-state index < -0.39 is 0 Å². The normalized spacial score (nSPS) is 30.0. The Morgan fingerprint density at radius 2 is 2.00 bits per heavy atom. The van der Waals surface area contributed by atoms with E-state index >= 15 is 0 Å². The van der Waals surface area contributed by atoms with Gasteiger partial charge in [-0.05, 0) is 24.5 Å². The van der Waals surface area contributed by atoms with Crippen molar-refractivity contribution in [2.24, 2.45) is 16.8 Å². The molecular weight excluding hydrogens is 326 g/mol. The Morgan fingerprint density at radius 1 is 1.23 bits per heavy atom. The van der Waals surface area contributed by atoms with E-state index in [0.29, 0.717) is 24.0 Å². The molecule has 26 heavy (non-hydrogen) atoms. The van der Waals surface area contributed by atoms with Gasteiger partial charge in [0.2, 0.25) is 0 Å². The summed E-state index contributed by atoms with van der Waals surface area (Å²) in [5.41, 5.74) is 2.38. The topological polar surface area (TPSA) is 54.7 Å². The summed E-state index contributed by atoms with van der Waals surface area (Å²) in [6.45, 7) is 2.87. The highest BCUT2D eigenvalue weighted by atomic mass is 16.5. The minimum atomic E-state index is 0.482. The Bertz CT molecular complexity index is 784. The average molecular weight is 351 g/mol. The summed E-state index contributed by atoms with van der Waals surface area (Å²) in [4.78, 5) is 11.1. The highest BCUT2D eigenvalue weighted by molar-refractivity contribution is 5.80. The monoisotopic (exact) mass is 351 g/mol. The van der Waals surface area contributed by atoms with Crippen molar-refractivity contribution in [3.8, 4) is 5.69 Å². The third-order valence-electron chi connectivity index (χ3n) is 6.18. The lowest BCUT2D eigenvalue weighted by Crippen LogP contribution is -2.41. The van der Waals surface area contributed by atoms with Crippen LogP contribution in [0.15, 0.2) is 48.0 Å². The standard InChI is InChI=1S/C20H25N5O/c1-21-20(25-11-15-16(12-25)19-7-6-18(15)26-19)23-10-14-4-2-3-5-17(14)24-9-8-22-13-24/h2-5,8-9,13,15-16,18-19H,6-7,10-12H2,1H3,(H,21,23). The molecule has 6 heteroatoms. The zero-order valence-electron chi connectivity index (χ0n) is 15.1. The number of guanidine groups is 1. The first-order valence-corrected chi connectivity index (χ1v) is 9.51.